The predicted octanol–water partition coefficient (Wildman–Crippen LogP) is 2.90. The molecule has 2 rings (SSSR count). The second-order valence-corrected chi connectivity index (χ2v) is 6.20. The number of hydrogen-bond acceptors (Lipinski definition) is 3. The van der Waals surface area contributed by atoms with Crippen molar-refractivity contribution in [2.45, 2.75) is 51.7 Å². The van der Waals surface area contributed by atoms with Crippen molar-refractivity contribution >= 4 is 0 Å². The van der Waals surface area contributed by atoms with Gasteiger partial charge in [0.25, 0.3) is 0 Å². The third kappa shape index (κ3) is 3.30. The normalized spacial score (nSPS) is 21.7. The van der Waals surface area contributed by atoms with E-state index in [1.54, 1.807) is 12.4 Å². The topological polar surface area (TPSA) is 48.1 Å². The first-order valence-corrected chi connectivity index (χ1v) is 6.78. The van der Waals surface area contributed by atoms with E-state index in [1.165, 1.54) is 18.4 Å². The van der Waals surface area contributed by atoms with Crippen molar-refractivity contribution < 1.29 is 4.74 Å². The second kappa shape index (κ2) is 5.37. The average molecular weight is 248 g/mol. The molecule has 1 saturated carbocycles. The third-order valence-electron chi connectivity index (χ3n) is 4.18. The summed E-state index contributed by atoms with van der Waals surface area (Å²) in [6, 6.07) is 3.99. The van der Waals surface area contributed by atoms with Crippen LogP contribution in [-0.2, 0) is 11.3 Å². The van der Waals surface area contributed by atoms with Gasteiger partial charge in [0.1, 0.15) is 0 Å². The standard InChI is InChI=1S/C15H24N2O/c1-14(2)5-7-15(12-16,8-6-14)18-11-13-3-9-17-10-4-13/h3-4,9-10H,5-8,11-12,16H2,1-2H3. The summed E-state index contributed by atoms with van der Waals surface area (Å²) in [6.45, 7) is 5.92. The van der Waals surface area contributed by atoms with E-state index >= 15 is 0 Å². The van der Waals surface area contributed by atoms with Crippen molar-refractivity contribution in [1.82, 2.24) is 4.98 Å². The third-order valence-corrected chi connectivity index (χ3v) is 4.18. The zero-order valence-corrected chi connectivity index (χ0v) is 11.5. The molecule has 1 aliphatic carbocycles. The van der Waals surface area contributed by atoms with Crippen LogP contribution in [0, 0.1) is 5.41 Å². The van der Waals surface area contributed by atoms with Crippen LogP contribution in [0.1, 0.15) is 45.1 Å². The van der Waals surface area contributed by atoms with Gasteiger partial charge in [-0.05, 0) is 48.8 Å². The van der Waals surface area contributed by atoms with E-state index in [4.69, 9.17) is 10.5 Å². The Balaban J connectivity index is 1.94. The van der Waals surface area contributed by atoms with Gasteiger partial charge in [0.05, 0.1) is 12.2 Å². The van der Waals surface area contributed by atoms with E-state index in [-0.39, 0.29) is 5.60 Å². The summed E-state index contributed by atoms with van der Waals surface area (Å²) in [5.74, 6) is 0. The minimum Gasteiger partial charge on any atom is -0.369 e. The summed E-state index contributed by atoms with van der Waals surface area (Å²) in [5, 5.41) is 0. The molecule has 1 aromatic heterocycles. The van der Waals surface area contributed by atoms with Crippen molar-refractivity contribution in [1.29, 1.82) is 0 Å². The maximum absolute atomic E-state index is 6.15. The molecule has 1 aromatic rings. The SMILES string of the molecule is CC1(C)CCC(CN)(OCc2ccncc2)CC1. The van der Waals surface area contributed by atoms with Crippen LogP contribution in [0.3, 0.4) is 0 Å². The Bertz CT molecular complexity index is 365. The Morgan fingerprint density at radius 3 is 2.33 bits per heavy atom. The monoisotopic (exact) mass is 248 g/mol. The summed E-state index contributed by atoms with van der Waals surface area (Å²) in [4.78, 5) is 4.02. The fraction of sp³-hybridized carbons (Fsp3) is 0.667. The highest BCUT2D eigenvalue weighted by atomic mass is 16.5. The summed E-state index contributed by atoms with van der Waals surface area (Å²) >= 11 is 0. The molecule has 0 radical (unpaired) electrons. The van der Waals surface area contributed by atoms with Gasteiger partial charge in [-0.15, -0.1) is 0 Å². The smallest absolute Gasteiger partial charge is 0.0809 e. The minimum atomic E-state index is -0.112. The van der Waals surface area contributed by atoms with Crippen LogP contribution < -0.4 is 5.73 Å². The summed E-state index contributed by atoms with van der Waals surface area (Å²) in [6.07, 6.45) is 8.14. The second-order valence-electron chi connectivity index (χ2n) is 6.20. The molecule has 3 heteroatoms. The molecule has 0 unspecified atom stereocenters. The van der Waals surface area contributed by atoms with Gasteiger partial charge in [0, 0.05) is 18.9 Å². The fourth-order valence-corrected chi connectivity index (χ4v) is 2.51. The number of nitrogens with two attached hydrogens (primary N) is 1. The Morgan fingerprint density at radius 1 is 1.17 bits per heavy atom. The molecule has 2 N–H and O–H groups in total. The molecule has 0 spiro atoms. The van der Waals surface area contributed by atoms with Crippen molar-refractivity contribution in [3.63, 3.8) is 0 Å². The van der Waals surface area contributed by atoms with Crippen LogP contribution in [0.25, 0.3) is 0 Å². The van der Waals surface area contributed by atoms with Gasteiger partial charge in [-0.2, -0.15) is 0 Å². The molecular weight excluding hydrogens is 224 g/mol. The Hall–Kier alpha value is -0.930. The molecule has 1 aliphatic rings. The van der Waals surface area contributed by atoms with E-state index in [2.05, 4.69) is 18.8 Å². The van der Waals surface area contributed by atoms with Gasteiger partial charge >= 0.3 is 0 Å². The number of pyridine rings is 1. The Labute approximate surface area is 110 Å². The van der Waals surface area contributed by atoms with E-state index in [0.717, 1.165) is 12.8 Å². The number of hydrogen-bond donors (Lipinski definition) is 1. The van der Waals surface area contributed by atoms with E-state index in [9.17, 15) is 0 Å². The van der Waals surface area contributed by atoms with Crippen LogP contribution in [0.5, 0.6) is 0 Å². The molecule has 100 valence electrons. The molecular formula is C15H24N2O. The zero-order chi connectivity index (χ0) is 13.1. The first-order chi connectivity index (χ1) is 8.55. The van der Waals surface area contributed by atoms with Gasteiger partial charge in [-0.1, -0.05) is 13.8 Å². The van der Waals surface area contributed by atoms with Crippen LogP contribution in [0.4, 0.5) is 0 Å². The van der Waals surface area contributed by atoms with Crippen LogP contribution in [0.2, 0.25) is 0 Å². The zero-order valence-electron chi connectivity index (χ0n) is 11.5. The van der Waals surface area contributed by atoms with Crippen molar-refractivity contribution in [2.75, 3.05) is 6.54 Å². The van der Waals surface area contributed by atoms with Crippen molar-refractivity contribution in [3.05, 3.63) is 30.1 Å². The lowest BCUT2D eigenvalue weighted by atomic mass is 9.71. The van der Waals surface area contributed by atoms with Crippen molar-refractivity contribution in [3.8, 4) is 0 Å². The van der Waals surface area contributed by atoms with Gasteiger partial charge < -0.3 is 10.5 Å². The summed E-state index contributed by atoms with van der Waals surface area (Å²) in [7, 11) is 0. The first-order valence-electron chi connectivity index (χ1n) is 6.78. The fourth-order valence-electron chi connectivity index (χ4n) is 2.51. The molecule has 0 saturated heterocycles. The maximum Gasteiger partial charge on any atom is 0.0809 e. The van der Waals surface area contributed by atoms with Gasteiger partial charge in [-0.3, -0.25) is 4.98 Å². The Morgan fingerprint density at radius 2 is 1.78 bits per heavy atom. The number of rotatable bonds is 4. The van der Waals surface area contributed by atoms with E-state index < -0.39 is 0 Å². The first kappa shape index (κ1) is 13.5. The summed E-state index contributed by atoms with van der Waals surface area (Å²) < 4.78 is 6.15. The Kier molecular flexibility index (Phi) is 4.03. The van der Waals surface area contributed by atoms with Crippen LogP contribution in [0.15, 0.2) is 24.5 Å². The number of nitrogens with zero attached hydrogens (tertiary/aromatic N) is 1. The number of aromatic nitrogens is 1. The lowest BCUT2D eigenvalue weighted by Crippen LogP contribution is -2.45. The molecule has 1 fully saturated rings. The van der Waals surface area contributed by atoms with Gasteiger partial charge in [0.2, 0.25) is 0 Å². The average Bonchev–Trinajstić information content (AvgIpc) is 2.40. The molecule has 0 aliphatic heterocycles. The molecule has 0 aromatic carbocycles. The van der Waals surface area contributed by atoms with Crippen molar-refractivity contribution in [2.24, 2.45) is 11.1 Å². The van der Waals surface area contributed by atoms with Crippen LogP contribution in [-0.4, -0.2) is 17.1 Å². The number of ether oxygens (including phenoxy) is 1. The van der Waals surface area contributed by atoms with Gasteiger partial charge in [-0.25, -0.2) is 0 Å². The van der Waals surface area contributed by atoms with E-state index in [0.29, 0.717) is 18.6 Å². The highest BCUT2D eigenvalue weighted by Crippen LogP contribution is 2.41. The highest BCUT2D eigenvalue weighted by molar-refractivity contribution is 5.08. The molecule has 0 atom stereocenters. The maximum atomic E-state index is 6.15. The molecule has 0 bridgehead atoms. The molecule has 18 heavy (non-hydrogen) atoms. The summed E-state index contributed by atoms with van der Waals surface area (Å²) in [5.41, 5.74) is 7.45. The highest BCUT2D eigenvalue weighted by Gasteiger charge is 2.38. The van der Waals surface area contributed by atoms with E-state index in [1.807, 2.05) is 12.1 Å². The molecule has 3 nitrogen and oxygen atoms in total. The molecule has 0 amide bonds. The molecule has 1 heterocycles. The largest absolute Gasteiger partial charge is 0.369 e. The lowest BCUT2D eigenvalue weighted by molar-refractivity contribution is -0.0904. The van der Waals surface area contributed by atoms with Gasteiger partial charge in [0.15, 0.2) is 0 Å². The van der Waals surface area contributed by atoms with Crippen LogP contribution >= 0.6 is 0 Å². The quantitative estimate of drug-likeness (QED) is 0.891. The predicted molar refractivity (Wildman–Crippen MR) is 73.1 cm³/mol. The lowest BCUT2D eigenvalue weighted by Gasteiger charge is -2.42. The minimum absolute atomic E-state index is 0.112.